The van der Waals surface area contributed by atoms with Gasteiger partial charge in [-0.25, -0.2) is 9.78 Å². The van der Waals surface area contributed by atoms with Crippen LogP contribution in [0.3, 0.4) is 0 Å². The average molecular weight is 351 g/mol. The molecule has 0 saturated carbocycles. The van der Waals surface area contributed by atoms with E-state index >= 15 is 0 Å². The summed E-state index contributed by atoms with van der Waals surface area (Å²) in [5.74, 6) is 1.70. The zero-order valence-corrected chi connectivity index (χ0v) is 14.7. The van der Waals surface area contributed by atoms with E-state index in [0.717, 1.165) is 49.5 Å². The second kappa shape index (κ2) is 7.17. The minimum Gasteiger partial charge on any atom is -0.497 e. The Labute approximate surface area is 151 Å². The molecule has 1 aliphatic rings. The third-order valence-electron chi connectivity index (χ3n) is 4.78. The van der Waals surface area contributed by atoms with Crippen LogP contribution in [-0.4, -0.2) is 43.2 Å². The average Bonchev–Trinajstić information content (AvgIpc) is 2.68. The molecule has 1 fully saturated rings. The zero-order chi connectivity index (χ0) is 17.9. The lowest BCUT2D eigenvalue weighted by Gasteiger charge is -2.35. The summed E-state index contributed by atoms with van der Waals surface area (Å²) >= 11 is 0. The Morgan fingerprint density at radius 2 is 1.96 bits per heavy atom. The number of ether oxygens (including phenoxy) is 1. The SMILES string of the molecule is COc1ccc2c(CN3CCN(c4ccccn4)CC3)cc(=O)oc2c1. The molecule has 0 spiro atoms. The van der Waals surface area contributed by atoms with Gasteiger partial charge in [0.05, 0.1) is 7.11 Å². The number of methoxy groups -OCH3 is 1. The standard InChI is InChI=1S/C20H21N3O3/c1-25-16-5-6-17-15(12-20(24)26-18(17)13-16)14-22-8-10-23(11-9-22)19-4-2-3-7-21-19/h2-7,12-13H,8-11,14H2,1H3. The molecular formula is C20H21N3O3. The number of anilines is 1. The Hall–Kier alpha value is -2.86. The third-order valence-corrected chi connectivity index (χ3v) is 4.78. The summed E-state index contributed by atoms with van der Waals surface area (Å²) in [4.78, 5) is 21.0. The molecule has 3 aromatic rings. The fourth-order valence-corrected chi connectivity index (χ4v) is 3.38. The van der Waals surface area contributed by atoms with Crippen LogP contribution in [0.2, 0.25) is 0 Å². The summed E-state index contributed by atoms with van der Waals surface area (Å²) < 4.78 is 10.6. The zero-order valence-electron chi connectivity index (χ0n) is 14.7. The fourth-order valence-electron chi connectivity index (χ4n) is 3.38. The highest BCUT2D eigenvalue weighted by atomic mass is 16.5. The predicted molar refractivity (Wildman–Crippen MR) is 101 cm³/mol. The largest absolute Gasteiger partial charge is 0.497 e. The van der Waals surface area contributed by atoms with E-state index < -0.39 is 0 Å². The van der Waals surface area contributed by atoms with Gasteiger partial charge < -0.3 is 14.1 Å². The van der Waals surface area contributed by atoms with Crippen LogP contribution in [0.4, 0.5) is 5.82 Å². The number of aromatic nitrogens is 1. The lowest BCUT2D eigenvalue weighted by Crippen LogP contribution is -2.46. The van der Waals surface area contributed by atoms with E-state index in [-0.39, 0.29) is 5.63 Å². The first kappa shape index (κ1) is 16.6. The smallest absolute Gasteiger partial charge is 0.336 e. The Bertz CT molecular complexity index is 947. The van der Waals surface area contributed by atoms with Gasteiger partial charge in [-0.3, -0.25) is 4.90 Å². The molecule has 134 valence electrons. The van der Waals surface area contributed by atoms with Crippen molar-refractivity contribution in [3.8, 4) is 5.75 Å². The van der Waals surface area contributed by atoms with Crippen LogP contribution in [0.25, 0.3) is 11.0 Å². The summed E-state index contributed by atoms with van der Waals surface area (Å²) in [7, 11) is 1.60. The summed E-state index contributed by atoms with van der Waals surface area (Å²) in [5, 5.41) is 0.956. The van der Waals surface area contributed by atoms with E-state index in [1.807, 2.05) is 36.5 Å². The van der Waals surface area contributed by atoms with Gasteiger partial charge in [-0.15, -0.1) is 0 Å². The monoisotopic (exact) mass is 351 g/mol. The van der Waals surface area contributed by atoms with Gasteiger partial charge in [0.25, 0.3) is 0 Å². The van der Waals surface area contributed by atoms with Gasteiger partial charge in [-0.2, -0.15) is 0 Å². The molecule has 2 aromatic heterocycles. The second-order valence-corrected chi connectivity index (χ2v) is 6.40. The molecule has 26 heavy (non-hydrogen) atoms. The molecule has 0 aliphatic carbocycles. The number of nitrogens with zero attached hydrogens (tertiary/aromatic N) is 3. The molecule has 0 N–H and O–H groups in total. The molecule has 1 aromatic carbocycles. The Kier molecular flexibility index (Phi) is 4.58. The van der Waals surface area contributed by atoms with Crippen molar-refractivity contribution >= 4 is 16.8 Å². The van der Waals surface area contributed by atoms with Gasteiger partial charge in [0.2, 0.25) is 0 Å². The molecule has 4 rings (SSSR count). The molecule has 0 unspecified atom stereocenters. The van der Waals surface area contributed by atoms with Crippen molar-refractivity contribution in [1.82, 2.24) is 9.88 Å². The van der Waals surface area contributed by atoms with Crippen molar-refractivity contribution in [2.75, 3.05) is 38.2 Å². The van der Waals surface area contributed by atoms with Gasteiger partial charge in [0, 0.05) is 56.4 Å². The summed E-state index contributed by atoms with van der Waals surface area (Å²) in [6.45, 7) is 4.42. The van der Waals surface area contributed by atoms with E-state index in [1.54, 1.807) is 19.2 Å². The molecular weight excluding hydrogens is 330 g/mol. The minimum absolute atomic E-state index is 0.326. The van der Waals surface area contributed by atoms with Crippen LogP contribution >= 0.6 is 0 Å². The van der Waals surface area contributed by atoms with E-state index in [4.69, 9.17) is 9.15 Å². The van der Waals surface area contributed by atoms with Crippen LogP contribution in [0.1, 0.15) is 5.56 Å². The van der Waals surface area contributed by atoms with Crippen molar-refractivity contribution in [3.63, 3.8) is 0 Å². The van der Waals surface area contributed by atoms with E-state index in [0.29, 0.717) is 11.3 Å². The highest BCUT2D eigenvalue weighted by molar-refractivity contribution is 5.81. The number of rotatable bonds is 4. The van der Waals surface area contributed by atoms with E-state index in [1.165, 1.54) is 0 Å². The van der Waals surface area contributed by atoms with Crippen molar-refractivity contribution < 1.29 is 9.15 Å². The summed E-state index contributed by atoms with van der Waals surface area (Å²) in [6, 6.07) is 13.2. The second-order valence-electron chi connectivity index (χ2n) is 6.40. The van der Waals surface area contributed by atoms with Gasteiger partial charge in [0.1, 0.15) is 17.2 Å². The number of pyridine rings is 1. The maximum atomic E-state index is 11.9. The Morgan fingerprint density at radius 3 is 2.69 bits per heavy atom. The molecule has 0 amide bonds. The van der Waals surface area contributed by atoms with Gasteiger partial charge in [0.15, 0.2) is 0 Å². The molecule has 0 radical (unpaired) electrons. The van der Waals surface area contributed by atoms with Crippen molar-refractivity contribution in [2.24, 2.45) is 0 Å². The first-order chi connectivity index (χ1) is 12.7. The van der Waals surface area contributed by atoms with Crippen LogP contribution in [0.5, 0.6) is 5.75 Å². The number of hydrogen-bond acceptors (Lipinski definition) is 6. The van der Waals surface area contributed by atoms with Crippen molar-refractivity contribution in [1.29, 1.82) is 0 Å². The van der Waals surface area contributed by atoms with Gasteiger partial charge in [-0.1, -0.05) is 6.07 Å². The predicted octanol–water partition coefficient (Wildman–Crippen LogP) is 2.52. The van der Waals surface area contributed by atoms with Gasteiger partial charge in [-0.05, 0) is 29.8 Å². The molecule has 3 heterocycles. The van der Waals surface area contributed by atoms with Crippen LogP contribution in [-0.2, 0) is 6.54 Å². The van der Waals surface area contributed by atoms with Gasteiger partial charge >= 0.3 is 5.63 Å². The first-order valence-corrected chi connectivity index (χ1v) is 8.72. The molecule has 1 aliphatic heterocycles. The first-order valence-electron chi connectivity index (χ1n) is 8.72. The highest BCUT2D eigenvalue weighted by Gasteiger charge is 2.19. The number of benzene rings is 1. The Morgan fingerprint density at radius 1 is 1.12 bits per heavy atom. The topological polar surface area (TPSA) is 58.8 Å². The lowest BCUT2D eigenvalue weighted by molar-refractivity contribution is 0.249. The quantitative estimate of drug-likeness (QED) is 0.673. The normalized spacial score (nSPS) is 15.3. The molecule has 6 nitrogen and oxygen atoms in total. The molecule has 0 atom stereocenters. The highest BCUT2D eigenvalue weighted by Crippen LogP contribution is 2.24. The Balaban J connectivity index is 1.51. The lowest BCUT2D eigenvalue weighted by atomic mass is 10.1. The number of piperazine rings is 1. The molecule has 1 saturated heterocycles. The van der Waals surface area contributed by atoms with Crippen LogP contribution < -0.4 is 15.3 Å². The van der Waals surface area contributed by atoms with Crippen molar-refractivity contribution in [2.45, 2.75) is 6.54 Å². The third kappa shape index (κ3) is 3.41. The van der Waals surface area contributed by atoms with E-state index in [9.17, 15) is 4.79 Å². The van der Waals surface area contributed by atoms with Crippen LogP contribution in [0.15, 0.2) is 57.9 Å². The summed E-state index contributed by atoms with van der Waals surface area (Å²) in [5.41, 5.74) is 1.23. The molecule has 0 bridgehead atoms. The molecule has 6 heteroatoms. The van der Waals surface area contributed by atoms with Crippen molar-refractivity contribution in [3.05, 3.63) is 64.6 Å². The summed E-state index contributed by atoms with van der Waals surface area (Å²) in [6.07, 6.45) is 1.82. The van der Waals surface area contributed by atoms with E-state index in [2.05, 4.69) is 14.8 Å². The number of fused-ring (bicyclic) bond motifs is 1. The van der Waals surface area contributed by atoms with Crippen LogP contribution in [0, 0.1) is 0 Å². The fraction of sp³-hybridized carbons (Fsp3) is 0.300. The minimum atomic E-state index is -0.326. The maximum Gasteiger partial charge on any atom is 0.336 e. The number of hydrogen-bond donors (Lipinski definition) is 0. The maximum absolute atomic E-state index is 11.9.